The van der Waals surface area contributed by atoms with E-state index in [1.54, 1.807) is 6.07 Å². The predicted molar refractivity (Wildman–Crippen MR) is 129 cm³/mol. The molecular formula is C25H23Cl2NO6. The van der Waals surface area contributed by atoms with Gasteiger partial charge in [-0.2, -0.15) is 0 Å². The number of ketones is 1. The average molecular weight is 504 g/mol. The number of ether oxygens (including phenoxy) is 2. The first kappa shape index (κ1) is 26.8. The first-order chi connectivity index (χ1) is 16.2. The second-order valence-corrected chi connectivity index (χ2v) is 7.94. The molecular weight excluding hydrogens is 481 g/mol. The number of hydrogen-bond acceptors (Lipinski definition) is 6. The summed E-state index contributed by atoms with van der Waals surface area (Å²) in [6, 6.07) is 10.3. The summed E-state index contributed by atoms with van der Waals surface area (Å²) < 4.78 is 10.3. The number of Topliss-reactive ketones (excluding diaryl/α,β-unsaturated/α-hetero) is 1. The summed E-state index contributed by atoms with van der Waals surface area (Å²) >= 11 is 12.8. The zero-order valence-electron chi connectivity index (χ0n) is 18.2. The second-order valence-electron chi connectivity index (χ2n) is 7.13. The van der Waals surface area contributed by atoms with Gasteiger partial charge in [-0.05, 0) is 29.8 Å². The van der Waals surface area contributed by atoms with Crippen molar-refractivity contribution < 1.29 is 28.7 Å². The number of hydrogen-bond donors (Lipinski definition) is 1. The summed E-state index contributed by atoms with van der Waals surface area (Å²) in [5.41, 5.74) is 5.93. The van der Waals surface area contributed by atoms with E-state index in [9.17, 15) is 19.2 Å². The van der Waals surface area contributed by atoms with Crippen molar-refractivity contribution in [2.45, 2.75) is 12.3 Å². The van der Waals surface area contributed by atoms with E-state index in [1.807, 2.05) is 0 Å². The van der Waals surface area contributed by atoms with Crippen LogP contribution < -0.4 is 5.73 Å². The van der Waals surface area contributed by atoms with Gasteiger partial charge < -0.3 is 15.2 Å². The van der Waals surface area contributed by atoms with E-state index >= 15 is 0 Å². The Morgan fingerprint density at radius 2 is 1.32 bits per heavy atom. The quantitative estimate of drug-likeness (QED) is 0.197. The van der Waals surface area contributed by atoms with E-state index in [0.717, 1.165) is 0 Å². The SMILES string of the molecule is C=CCOC(=O)C(C(=O)OCC=C)C(CC(=O)c1ccc(C(N)=O)cc1)c1c(Cl)cccc1Cl. The Labute approximate surface area is 207 Å². The van der Waals surface area contributed by atoms with E-state index in [2.05, 4.69) is 13.2 Å². The zero-order valence-corrected chi connectivity index (χ0v) is 19.7. The standard InChI is InChI=1S/C25H23Cl2NO6/c1-3-12-33-24(31)22(25(32)34-13-4-2)17(21-18(26)6-5-7-19(21)27)14-20(29)15-8-10-16(11-9-15)23(28)30/h3-11,17,22H,1-2,12-14H2,(H2,28,30). The molecule has 2 rings (SSSR count). The van der Waals surface area contributed by atoms with Crippen LogP contribution in [0.1, 0.15) is 38.6 Å². The van der Waals surface area contributed by atoms with E-state index in [-0.39, 0.29) is 46.4 Å². The fourth-order valence-corrected chi connectivity index (χ4v) is 3.95. The molecule has 7 nitrogen and oxygen atoms in total. The highest BCUT2D eigenvalue weighted by Crippen LogP contribution is 2.40. The van der Waals surface area contributed by atoms with Gasteiger partial charge in [0, 0.05) is 33.5 Å². The number of nitrogens with two attached hydrogens (primary N) is 1. The molecule has 0 aromatic heterocycles. The van der Waals surface area contributed by atoms with Gasteiger partial charge in [0.2, 0.25) is 5.91 Å². The molecule has 0 aliphatic heterocycles. The largest absolute Gasteiger partial charge is 0.461 e. The summed E-state index contributed by atoms with van der Waals surface area (Å²) in [6.07, 6.45) is 2.34. The molecule has 1 atom stereocenters. The lowest BCUT2D eigenvalue weighted by atomic mass is 9.81. The Morgan fingerprint density at radius 3 is 1.76 bits per heavy atom. The Morgan fingerprint density at radius 1 is 0.853 bits per heavy atom. The summed E-state index contributed by atoms with van der Waals surface area (Å²) in [7, 11) is 0. The molecule has 9 heteroatoms. The average Bonchev–Trinajstić information content (AvgIpc) is 2.81. The third-order valence-electron chi connectivity index (χ3n) is 4.86. The second kappa shape index (κ2) is 12.7. The summed E-state index contributed by atoms with van der Waals surface area (Å²) in [5, 5.41) is 0.319. The van der Waals surface area contributed by atoms with Crippen molar-refractivity contribution in [1.82, 2.24) is 0 Å². The molecule has 0 bridgehead atoms. The molecule has 0 fully saturated rings. The van der Waals surface area contributed by atoms with Gasteiger partial charge in [-0.25, -0.2) is 0 Å². The molecule has 178 valence electrons. The van der Waals surface area contributed by atoms with Crippen LogP contribution in [0.2, 0.25) is 10.0 Å². The molecule has 0 spiro atoms. The maximum absolute atomic E-state index is 13.2. The molecule has 2 N–H and O–H groups in total. The molecule has 0 radical (unpaired) electrons. The van der Waals surface area contributed by atoms with Crippen LogP contribution in [0.3, 0.4) is 0 Å². The van der Waals surface area contributed by atoms with Crippen LogP contribution in [0.5, 0.6) is 0 Å². The molecule has 1 unspecified atom stereocenters. The van der Waals surface area contributed by atoms with E-state index in [0.29, 0.717) is 0 Å². The van der Waals surface area contributed by atoms with Crippen molar-refractivity contribution in [1.29, 1.82) is 0 Å². The monoisotopic (exact) mass is 503 g/mol. The van der Waals surface area contributed by atoms with Crippen LogP contribution in [0.15, 0.2) is 67.8 Å². The Hall–Kier alpha value is -3.42. The van der Waals surface area contributed by atoms with Crippen LogP contribution in [-0.2, 0) is 19.1 Å². The minimum atomic E-state index is -1.55. The molecule has 1 amide bonds. The minimum absolute atomic E-state index is 0.157. The van der Waals surface area contributed by atoms with Crippen molar-refractivity contribution in [2.24, 2.45) is 11.7 Å². The van der Waals surface area contributed by atoms with Crippen molar-refractivity contribution in [3.8, 4) is 0 Å². The Balaban J connectivity index is 2.55. The number of halogens is 2. The smallest absolute Gasteiger partial charge is 0.321 e. The highest BCUT2D eigenvalue weighted by molar-refractivity contribution is 6.36. The van der Waals surface area contributed by atoms with E-state index in [4.69, 9.17) is 38.4 Å². The summed E-state index contributed by atoms with van der Waals surface area (Å²) in [5.74, 6) is -5.59. The molecule has 0 heterocycles. The first-order valence-corrected chi connectivity index (χ1v) is 10.9. The van der Waals surface area contributed by atoms with Crippen molar-refractivity contribution >= 4 is 46.8 Å². The Bertz CT molecular complexity index is 1050. The highest BCUT2D eigenvalue weighted by Gasteiger charge is 2.41. The number of amides is 1. The summed E-state index contributed by atoms with van der Waals surface area (Å²) in [4.78, 5) is 50.4. The summed E-state index contributed by atoms with van der Waals surface area (Å²) in [6.45, 7) is 6.66. The fourth-order valence-electron chi connectivity index (χ4n) is 3.28. The normalized spacial score (nSPS) is 11.4. The number of esters is 2. The van der Waals surface area contributed by atoms with Crippen LogP contribution >= 0.6 is 23.2 Å². The van der Waals surface area contributed by atoms with Crippen molar-refractivity contribution in [3.05, 3.63) is 94.5 Å². The molecule has 0 saturated heterocycles. The van der Waals surface area contributed by atoms with Gasteiger partial charge in [0.25, 0.3) is 0 Å². The zero-order chi connectivity index (χ0) is 25.3. The molecule has 0 saturated carbocycles. The van der Waals surface area contributed by atoms with Crippen molar-refractivity contribution in [3.63, 3.8) is 0 Å². The minimum Gasteiger partial charge on any atom is -0.461 e. The van der Waals surface area contributed by atoms with Gasteiger partial charge in [-0.3, -0.25) is 19.2 Å². The third-order valence-corrected chi connectivity index (χ3v) is 5.52. The maximum atomic E-state index is 13.2. The maximum Gasteiger partial charge on any atom is 0.321 e. The van der Waals surface area contributed by atoms with E-state index in [1.165, 1.54) is 48.6 Å². The number of rotatable bonds is 12. The van der Waals surface area contributed by atoms with Crippen LogP contribution in [-0.4, -0.2) is 36.8 Å². The molecule has 2 aromatic carbocycles. The van der Waals surface area contributed by atoms with Crippen LogP contribution in [0, 0.1) is 5.92 Å². The van der Waals surface area contributed by atoms with E-state index < -0.39 is 35.5 Å². The number of benzene rings is 2. The highest BCUT2D eigenvalue weighted by atomic mass is 35.5. The third kappa shape index (κ3) is 6.79. The van der Waals surface area contributed by atoms with Gasteiger partial charge >= 0.3 is 11.9 Å². The lowest BCUT2D eigenvalue weighted by Crippen LogP contribution is -2.35. The topological polar surface area (TPSA) is 113 Å². The first-order valence-electron chi connectivity index (χ1n) is 10.1. The van der Waals surface area contributed by atoms with Gasteiger partial charge in [0.1, 0.15) is 13.2 Å². The van der Waals surface area contributed by atoms with Gasteiger partial charge in [-0.15, -0.1) is 0 Å². The van der Waals surface area contributed by atoms with Crippen LogP contribution in [0.4, 0.5) is 0 Å². The number of carbonyl (C=O) groups excluding carboxylic acids is 4. The predicted octanol–water partition coefficient (Wildman–Crippen LogP) is 4.52. The number of primary amides is 1. The van der Waals surface area contributed by atoms with Gasteiger partial charge in [0.05, 0.1) is 0 Å². The molecule has 0 aliphatic rings. The number of carbonyl (C=O) groups is 4. The molecule has 0 aliphatic carbocycles. The molecule has 2 aromatic rings. The lowest BCUT2D eigenvalue weighted by Gasteiger charge is -2.26. The van der Waals surface area contributed by atoms with Gasteiger partial charge in [-0.1, -0.05) is 66.7 Å². The van der Waals surface area contributed by atoms with Gasteiger partial charge in [0.15, 0.2) is 11.7 Å². The fraction of sp³-hybridized carbons (Fsp3) is 0.200. The molecule has 34 heavy (non-hydrogen) atoms. The van der Waals surface area contributed by atoms with Crippen molar-refractivity contribution in [2.75, 3.05) is 13.2 Å². The lowest BCUT2D eigenvalue weighted by molar-refractivity contribution is -0.162. The Kier molecular flexibility index (Phi) is 10.0. The van der Waals surface area contributed by atoms with Crippen LogP contribution in [0.25, 0.3) is 0 Å².